The van der Waals surface area contributed by atoms with Crippen molar-refractivity contribution in [2.45, 2.75) is 32.4 Å². The fourth-order valence-electron chi connectivity index (χ4n) is 2.01. The van der Waals surface area contributed by atoms with Gasteiger partial charge >= 0.3 is 0 Å². The molecule has 0 radical (unpaired) electrons. The number of hydrogen-bond acceptors (Lipinski definition) is 4. The number of nitro benzene ring substituents is 1. The van der Waals surface area contributed by atoms with Crippen LogP contribution in [0.4, 0.5) is 5.69 Å². The largest absolute Gasteiger partial charge is 0.355 e. The fourth-order valence-corrected chi connectivity index (χ4v) is 2.01. The number of ether oxygens (including phenoxy) is 1. The molecule has 1 amide bonds. The minimum Gasteiger partial charge on any atom is -0.355 e. The van der Waals surface area contributed by atoms with E-state index in [1.807, 2.05) is 13.8 Å². The maximum absolute atomic E-state index is 12.0. The van der Waals surface area contributed by atoms with Crippen LogP contribution in [-0.2, 0) is 16.1 Å². The highest BCUT2D eigenvalue weighted by Crippen LogP contribution is 2.25. The monoisotopic (exact) mass is 264 g/mol. The Hall–Kier alpha value is -1.95. The molecule has 1 heterocycles. The summed E-state index contributed by atoms with van der Waals surface area (Å²) in [6.07, 6.45) is 0.285. The van der Waals surface area contributed by atoms with Gasteiger partial charge in [-0.1, -0.05) is 18.2 Å². The molecule has 0 saturated carbocycles. The Morgan fingerprint density at radius 3 is 2.74 bits per heavy atom. The first-order valence-electron chi connectivity index (χ1n) is 6.03. The number of amides is 1. The smallest absolute Gasteiger partial charge is 0.274 e. The molecule has 6 heteroatoms. The summed E-state index contributed by atoms with van der Waals surface area (Å²) in [5, 5.41) is 10.9. The maximum Gasteiger partial charge on any atom is 0.274 e. The Balaban J connectivity index is 2.14. The quantitative estimate of drug-likeness (QED) is 0.619. The van der Waals surface area contributed by atoms with E-state index in [-0.39, 0.29) is 31.3 Å². The Bertz CT molecular complexity index is 513. The van der Waals surface area contributed by atoms with E-state index in [9.17, 15) is 14.9 Å². The Morgan fingerprint density at radius 2 is 2.11 bits per heavy atom. The molecule has 0 unspecified atom stereocenters. The van der Waals surface area contributed by atoms with Crippen LogP contribution in [-0.4, -0.2) is 28.1 Å². The van der Waals surface area contributed by atoms with Crippen LogP contribution in [0.1, 0.15) is 25.8 Å². The van der Waals surface area contributed by atoms with Crippen molar-refractivity contribution in [1.29, 1.82) is 0 Å². The van der Waals surface area contributed by atoms with Crippen LogP contribution in [0.5, 0.6) is 0 Å². The van der Waals surface area contributed by atoms with Crippen molar-refractivity contribution in [1.82, 2.24) is 4.90 Å². The highest BCUT2D eigenvalue weighted by molar-refractivity contribution is 5.77. The second-order valence-electron chi connectivity index (χ2n) is 5.19. The normalized spacial score (nSPS) is 18.4. The molecule has 0 aliphatic carbocycles. The highest BCUT2D eigenvalue weighted by atomic mass is 16.6. The molecule has 0 N–H and O–H groups in total. The molecule has 0 spiro atoms. The lowest BCUT2D eigenvalue weighted by molar-refractivity contribution is -0.385. The van der Waals surface area contributed by atoms with Gasteiger partial charge in [-0.25, -0.2) is 0 Å². The first-order chi connectivity index (χ1) is 8.89. The number of benzene rings is 1. The van der Waals surface area contributed by atoms with Gasteiger partial charge in [0.25, 0.3) is 5.69 Å². The zero-order chi connectivity index (χ0) is 14.0. The second kappa shape index (κ2) is 4.97. The van der Waals surface area contributed by atoms with Crippen molar-refractivity contribution >= 4 is 11.6 Å². The molecule has 0 bridgehead atoms. The fraction of sp³-hybridized carbons (Fsp3) is 0.462. The molecule has 1 aromatic carbocycles. The third-order valence-corrected chi connectivity index (χ3v) is 3.09. The van der Waals surface area contributed by atoms with Gasteiger partial charge < -0.3 is 9.64 Å². The van der Waals surface area contributed by atoms with Gasteiger partial charge in [0.1, 0.15) is 6.73 Å². The van der Waals surface area contributed by atoms with E-state index < -0.39 is 10.5 Å². The third-order valence-electron chi connectivity index (χ3n) is 3.09. The van der Waals surface area contributed by atoms with Crippen molar-refractivity contribution in [2.24, 2.45) is 0 Å². The second-order valence-corrected chi connectivity index (χ2v) is 5.19. The minimum absolute atomic E-state index is 0.0279. The van der Waals surface area contributed by atoms with Crippen molar-refractivity contribution in [2.75, 3.05) is 6.73 Å². The standard InChI is InChI=1S/C13H16N2O4/c1-13(2)7-12(16)14(9-19-13)8-10-5-3-4-6-11(10)15(17)18/h3-6H,7-9H2,1-2H3. The van der Waals surface area contributed by atoms with E-state index in [1.165, 1.54) is 11.0 Å². The summed E-state index contributed by atoms with van der Waals surface area (Å²) in [6.45, 7) is 4.07. The first kappa shape index (κ1) is 13.5. The molecular formula is C13H16N2O4. The van der Waals surface area contributed by atoms with Crippen molar-refractivity contribution in [3.05, 3.63) is 39.9 Å². The van der Waals surface area contributed by atoms with Gasteiger partial charge in [0.05, 0.1) is 23.5 Å². The summed E-state index contributed by atoms with van der Waals surface area (Å²) in [7, 11) is 0. The van der Waals surface area contributed by atoms with Gasteiger partial charge in [-0.15, -0.1) is 0 Å². The third kappa shape index (κ3) is 3.08. The van der Waals surface area contributed by atoms with Crippen LogP contribution in [0, 0.1) is 10.1 Å². The van der Waals surface area contributed by atoms with Gasteiger partial charge in [-0.2, -0.15) is 0 Å². The summed E-state index contributed by atoms with van der Waals surface area (Å²) < 4.78 is 5.56. The average Bonchev–Trinajstić information content (AvgIpc) is 2.32. The van der Waals surface area contributed by atoms with Crippen molar-refractivity contribution < 1.29 is 14.5 Å². The molecule has 19 heavy (non-hydrogen) atoms. The summed E-state index contributed by atoms with van der Waals surface area (Å²) in [4.78, 5) is 23.9. The molecule has 2 rings (SSSR count). The Kier molecular flexibility index (Phi) is 3.53. The summed E-state index contributed by atoms with van der Waals surface area (Å²) in [5.41, 5.74) is 0.0835. The van der Waals surface area contributed by atoms with Crippen molar-refractivity contribution in [3.63, 3.8) is 0 Å². The number of para-hydroxylation sites is 1. The number of rotatable bonds is 3. The van der Waals surface area contributed by atoms with E-state index in [1.54, 1.807) is 18.2 Å². The minimum atomic E-state index is -0.462. The summed E-state index contributed by atoms with van der Waals surface area (Å²) >= 11 is 0. The Morgan fingerprint density at radius 1 is 1.42 bits per heavy atom. The van der Waals surface area contributed by atoms with Crippen LogP contribution in [0.2, 0.25) is 0 Å². The predicted octanol–water partition coefficient (Wildman–Crippen LogP) is 2.08. The van der Waals surface area contributed by atoms with Gasteiger partial charge in [0, 0.05) is 11.6 Å². The maximum atomic E-state index is 12.0. The lowest BCUT2D eigenvalue weighted by Crippen LogP contribution is -2.46. The zero-order valence-electron chi connectivity index (χ0n) is 11.0. The molecule has 1 aliphatic heterocycles. The number of hydrogen-bond donors (Lipinski definition) is 0. The molecule has 1 saturated heterocycles. The van der Waals surface area contributed by atoms with Crippen LogP contribution in [0.15, 0.2) is 24.3 Å². The number of carbonyl (C=O) groups is 1. The molecule has 1 aliphatic rings. The number of nitrogens with zero attached hydrogens (tertiary/aromatic N) is 2. The van der Waals surface area contributed by atoms with Crippen LogP contribution >= 0.6 is 0 Å². The predicted molar refractivity (Wildman–Crippen MR) is 68.3 cm³/mol. The zero-order valence-corrected chi connectivity index (χ0v) is 11.0. The highest BCUT2D eigenvalue weighted by Gasteiger charge is 2.32. The topological polar surface area (TPSA) is 72.7 Å². The average molecular weight is 264 g/mol. The lowest BCUT2D eigenvalue weighted by atomic mass is 10.0. The molecule has 0 aromatic heterocycles. The molecule has 0 atom stereocenters. The molecule has 1 fully saturated rings. The van der Waals surface area contributed by atoms with Crippen LogP contribution in [0.25, 0.3) is 0 Å². The van der Waals surface area contributed by atoms with Crippen LogP contribution in [0.3, 0.4) is 0 Å². The first-order valence-corrected chi connectivity index (χ1v) is 6.03. The SMILES string of the molecule is CC1(C)CC(=O)N(Cc2ccccc2[N+](=O)[O-])CO1. The molecule has 102 valence electrons. The van der Waals surface area contributed by atoms with E-state index in [4.69, 9.17) is 4.74 Å². The van der Waals surface area contributed by atoms with Gasteiger partial charge in [-0.3, -0.25) is 14.9 Å². The van der Waals surface area contributed by atoms with E-state index >= 15 is 0 Å². The van der Waals surface area contributed by atoms with E-state index in [0.717, 1.165) is 0 Å². The van der Waals surface area contributed by atoms with E-state index in [0.29, 0.717) is 5.56 Å². The van der Waals surface area contributed by atoms with Crippen molar-refractivity contribution in [3.8, 4) is 0 Å². The van der Waals surface area contributed by atoms with Crippen LogP contribution < -0.4 is 0 Å². The summed E-state index contributed by atoms with van der Waals surface area (Å²) in [6, 6.07) is 6.43. The lowest BCUT2D eigenvalue weighted by Gasteiger charge is -2.36. The molecule has 6 nitrogen and oxygen atoms in total. The Labute approximate surface area is 111 Å². The number of nitro groups is 1. The summed E-state index contributed by atoms with van der Waals surface area (Å²) in [5.74, 6) is -0.0469. The van der Waals surface area contributed by atoms with Gasteiger partial charge in [0.2, 0.25) is 5.91 Å². The van der Waals surface area contributed by atoms with E-state index in [2.05, 4.69) is 0 Å². The molecule has 1 aromatic rings. The number of carbonyl (C=O) groups excluding carboxylic acids is 1. The van der Waals surface area contributed by atoms with Gasteiger partial charge in [0.15, 0.2) is 0 Å². The molecular weight excluding hydrogens is 248 g/mol. The van der Waals surface area contributed by atoms with Gasteiger partial charge in [-0.05, 0) is 13.8 Å².